The number of benzene rings is 1. The van der Waals surface area contributed by atoms with Crippen LogP contribution < -0.4 is 10.3 Å². The van der Waals surface area contributed by atoms with Gasteiger partial charge in [-0.2, -0.15) is 5.10 Å². The predicted octanol–water partition coefficient (Wildman–Crippen LogP) is 3.06. The molecule has 0 bridgehead atoms. The number of rotatable bonds is 6. The number of hydrogen-bond donors (Lipinski definition) is 1. The average molecular weight is 408 g/mol. The first-order chi connectivity index (χ1) is 14.6. The molecule has 7 nitrogen and oxygen atoms in total. The molecule has 4 rings (SSSR count). The van der Waals surface area contributed by atoms with Crippen molar-refractivity contribution in [3.8, 4) is 17.1 Å². The molecule has 3 aromatic rings. The Morgan fingerprint density at radius 2 is 1.93 bits per heavy atom. The van der Waals surface area contributed by atoms with E-state index in [1.165, 1.54) is 0 Å². The van der Waals surface area contributed by atoms with Crippen LogP contribution in [-0.2, 0) is 12.8 Å². The van der Waals surface area contributed by atoms with Crippen molar-refractivity contribution in [2.45, 2.75) is 38.6 Å². The first kappa shape index (κ1) is 20.3. The van der Waals surface area contributed by atoms with Crippen molar-refractivity contribution >= 4 is 0 Å². The summed E-state index contributed by atoms with van der Waals surface area (Å²) in [5, 5.41) is 4.94. The summed E-state index contributed by atoms with van der Waals surface area (Å²) < 4.78 is 7.60. The molecule has 2 aromatic heterocycles. The Balaban J connectivity index is 1.77. The van der Waals surface area contributed by atoms with Crippen LogP contribution in [0.3, 0.4) is 0 Å². The number of nitrogens with zero attached hydrogens (tertiary/aromatic N) is 4. The van der Waals surface area contributed by atoms with Gasteiger partial charge in [0.05, 0.1) is 13.2 Å². The molecule has 7 heteroatoms. The number of aryl methyl sites for hydroxylation is 1. The Hall–Kier alpha value is -2.93. The molecule has 0 spiro atoms. The van der Waals surface area contributed by atoms with Gasteiger partial charge in [0.15, 0.2) is 11.6 Å². The van der Waals surface area contributed by atoms with Gasteiger partial charge < -0.3 is 14.6 Å². The number of nitrogens with one attached hydrogen (secondary N) is 1. The molecule has 0 saturated carbocycles. The fraction of sp³-hybridized carbons (Fsp3) is 0.435. The van der Waals surface area contributed by atoms with Gasteiger partial charge in [-0.25, -0.2) is 9.67 Å². The van der Waals surface area contributed by atoms with E-state index in [-0.39, 0.29) is 5.56 Å². The molecule has 1 saturated heterocycles. The molecule has 158 valence electrons. The Kier molecular flexibility index (Phi) is 5.99. The lowest BCUT2D eigenvalue weighted by Gasteiger charge is -2.29. The highest BCUT2D eigenvalue weighted by Gasteiger charge is 2.25. The summed E-state index contributed by atoms with van der Waals surface area (Å²) in [6.07, 6.45) is 3.40. The van der Waals surface area contributed by atoms with E-state index in [0.717, 1.165) is 66.6 Å². The van der Waals surface area contributed by atoms with Gasteiger partial charge in [-0.05, 0) is 51.5 Å². The number of para-hydroxylation sites is 1. The maximum absolute atomic E-state index is 11.9. The Morgan fingerprint density at radius 3 is 2.67 bits per heavy atom. The highest BCUT2D eigenvalue weighted by molar-refractivity contribution is 5.58. The van der Waals surface area contributed by atoms with Gasteiger partial charge in [0.2, 0.25) is 5.56 Å². The summed E-state index contributed by atoms with van der Waals surface area (Å²) in [5.74, 6) is 2.44. The highest BCUT2D eigenvalue weighted by Crippen LogP contribution is 2.29. The van der Waals surface area contributed by atoms with Crippen LogP contribution in [0, 0.1) is 0 Å². The Morgan fingerprint density at radius 1 is 1.17 bits per heavy atom. The summed E-state index contributed by atoms with van der Waals surface area (Å²) in [7, 11) is 3.84. The molecular weight excluding hydrogens is 378 g/mol. The van der Waals surface area contributed by atoms with Gasteiger partial charge >= 0.3 is 0 Å². The lowest BCUT2D eigenvalue weighted by molar-refractivity contribution is 0.213. The smallest absolute Gasteiger partial charge is 0.248 e. The van der Waals surface area contributed by atoms with Crippen LogP contribution in [0.2, 0.25) is 0 Å². The van der Waals surface area contributed by atoms with Crippen LogP contribution in [0.4, 0.5) is 0 Å². The van der Waals surface area contributed by atoms with Crippen molar-refractivity contribution in [3.63, 3.8) is 0 Å². The standard InChI is InChI=1S/C23H29N5O2/c1-4-19-18(9-10-22(29)24-19)23-25-21(15-16-7-5-6-8-20(16)30-3)26-28(23)17-11-13-27(2)14-12-17/h5-10,17H,4,11-15H2,1-3H3,(H,24,29). The number of hydrogen-bond acceptors (Lipinski definition) is 5. The molecular formula is C23H29N5O2. The third-order valence-corrected chi connectivity index (χ3v) is 5.85. The van der Waals surface area contributed by atoms with E-state index >= 15 is 0 Å². The van der Waals surface area contributed by atoms with Crippen LogP contribution >= 0.6 is 0 Å². The van der Waals surface area contributed by atoms with Crippen molar-refractivity contribution in [2.75, 3.05) is 27.2 Å². The largest absolute Gasteiger partial charge is 0.496 e. The zero-order valence-corrected chi connectivity index (χ0v) is 17.9. The Labute approximate surface area is 176 Å². The second-order valence-corrected chi connectivity index (χ2v) is 7.89. The number of methoxy groups -OCH3 is 1. The molecule has 0 unspecified atom stereocenters. The van der Waals surface area contributed by atoms with E-state index in [1.807, 2.05) is 37.3 Å². The number of H-pyrrole nitrogens is 1. The predicted molar refractivity (Wildman–Crippen MR) is 117 cm³/mol. The van der Waals surface area contributed by atoms with Crippen molar-refractivity contribution in [1.82, 2.24) is 24.6 Å². The number of likely N-dealkylation sites (tertiary alicyclic amines) is 1. The molecule has 1 aliphatic rings. The van der Waals surface area contributed by atoms with Crippen molar-refractivity contribution < 1.29 is 4.74 Å². The number of aromatic nitrogens is 4. The van der Waals surface area contributed by atoms with Crippen LogP contribution in [0.5, 0.6) is 5.75 Å². The normalized spacial score (nSPS) is 15.4. The van der Waals surface area contributed by atoms with Crippen molar-refractivity contribution in [2.24, 2.45) is 0 Å². The molecule has 1 aliphatic heterocycles. The first-order valence-corrected chi connectivity index (χ1v) is 10.6. The second kappa shape index (κ2) is 8.83. The van der Waals surface area contributed by atoms with E-state index < -0.39 is 0 Å². The maximum Gasteiger partial charge on any atom is 0.248 e. The number of piperidine rings is 1. The number of ether oxygens (including phenoxy) is 1. The van der Waals surface area contributed by atoms with Gasteiger partial charge in [-0.1, -0.05) is 25.1 Å². The summed E-state index contributed by atoms with van der Waals surface area (Å²) in [4.78, 5) is 22.1. The number of pyridine rings is 1. The second-order valence-electron chi connectivity index (χ2n) is 7.89. The van der Waals surface area contributed by atoms with E-state index in [1.54, 1.807) is 13.2 Å². The fourth-order valence-corrected chi connectivity index (χ4v) is 4.15. The van der Waals surface area contributed by atoms with Gasteiger partial charge in [0.1, 0.15) is 5.75 Å². The van der Waals surface area contributed by atoms with Gasteiger partial charge in [-0.15, -0.1) is 0 Å². The quantitative estimate of drug-likeness (QED) is 0.680. The SMILES string of the molecule is CCc1[nH]c(=O)ccc1-c1nc(Cc2ccccc2OC)nn1C1CCN(C)CC1. The van der Waals surface area contributed by atoms with Gasteiger partial charge in [0.25, 0.3) is 0 Å². The molecule has 3 heterocycles. The lowest BCUT2D eigenvalue weighted by Crippen LogP contribution is -2.32. The summed E-state index contributed by atoms with van der Waals surface area (Å²) in [6, 6.07) is 11.7. The van der Waals surface area contributed by atoms with Crippen molar-refractivity contribution in [1.29, 1.82) is 0 Å². The molecule has 30 heavy (non-hydrogen) atoms. The molecule has 0 amide bonds. The third kappa shape index (κ3) is 4.16. The molecule has 1 fully saturated rings. The van der Waals surface area contributed by atoms with E-state index in [2.05, 4.69) is 21.6 Å². The minimum Gasteiger partial charge on any atom is -0.496 e. The summed E-state index contributed by atoms with van der Waals surface area (Å²) in [6.45, 7) is 4.12. The van der Waals surface area contributed by atoms with E-state index in [4.69, 9.17) is 14.8 Å². The Bertz CT molecular complexity index is 1060. The monoisotopic (exact) mass is 407 g/mol. The average Bonchev–Trinajstić information content (AvgIpc) is 3.18. The van der Waals surface area contributed by atoms with Crippen LogP contribution in [-0.4, -0.2) is 51.9 Å². The van der Waals surface area contributed by atoms with E-state index in [9.17, 15) is 4.79 Å². The maximum atomic E-state index is 11.9. The molecule has 0 radical (unpaired) electrons. The zero-order valence-electron chi connectivity index (χ0n) is 17.9. The molecule has 1 aromatic carbocycles. The minimum atomic E-state index is -0.0878. The lowest BCUT2D eigenvalue weighted by atomic mass is 10.0. The molecule has 0 atom stereocenters. The first-order valence-electron chi connectivity index (χ1n) is 10.6. The van der Waals surface area contributed by atoms with Gasteiger partial charge in [-0.3, -0.25) is 4.79 Å². The molecule has 1 N–H and O–H groups in total. The zero-order chi connectivity index (χ0) is 21.1. The van der Waals surface area contributed by atoms with Crippen LogP contribution in [0.15, 0.2) is 41.2 Å². The summed E-state index contributed by atoms with van der Waals surface area (Å²) in [5.41, 5.74) is 2.82. The fourth-order valence-electron chi connectivity index (χ4n) is 4.15. The highest BCUT2D eigenvalue weighted by atomic mass is 16.5. The molecule has 0 aliphatic carbocycles. The minimum absolute atomic E-state index is 0.0878. The third-order valence-electron chi connectivity index (χ3n) is 5.85. The summed E-state index contributed by atoms with van der Waals surface area (Å²) >= 11 is 0. The van der Waals surface area contributed by atoms with E-state index in [0.29, 0.717) is 12.5 Å². The van der Waals surface area contributed by atoms with Crippen molar-refractivity contribution in [3.05, 3.63) is 63.8 Å². The van der Waals surface area contributed by atoms with Crippen LogP contribution in [0.1, 0.15) is 42.9 Å². The van der Waals surface area contributed by atoms with Gasteiger partial charge in [0, 0.05) is 29.3 Å². The number of aromatic amines is 1. The van der Waals surface area contributed by atoms with Crippen LogP contribution in [0.25, 0.3) is 11.4 Å². The topological polar surface area (TPSA) is 76.0 Å².